The van der Waals surface area contributed by atoms with Gasteiger partial charge in [-0.2, -0.15) is 0 Å². The van der Waals surface area contributed by atoms with E-state index in [-0.39, 0.29) is 11.9 Å². The Bertz CT molecular complexity index is 715. The molecule has 0 saturated carbocycles. The first-order valence-corrected chi connectivity index (χ1v) is 8.81. The fourth-order valence-electron chi connectivity index (χ4n) is 3.44. The fourth-order valence-corrected chi connectivity index (χ4v) is 3.44. The molecule has 0 aliphatic carbocycles. The first kappa shape index (κ1) is 17.4. The van der Waals surface area contributed by atoms with E-state index in [1.807, 2.05) is 41.3 Å². The standard InChI is InChI=1S/C20H25N3O2/c1-25-14-11-17-5-2-3-13-23(17)20(24)16-9-7-15(8-10-16)18-6-4-12-22-19(18)21/h4,6-10,12,17H,2-3,5,11,13-14H2,1H3,(H2,21,22). The summed E-state index contributed by atoms with van der Waals surface area (Å²) in [5.74, 6) is 0.601. The van der Waals surface area contributed by atoms with Gasteiger partial charge in [0, 0.05) is 43.6 Å². The monoisotopic (exact) mass is 339 g/mol. The lowest BCUT2D eigenvalue weighted by molar-refractivity contribution is 0.0553. The van der Waals surface area contributed by atoms with Gasteiger partial charge in [0.25, 0.3) is 5.91 Å². The third-order valence-corrected chi connectivity index (χ3v) is 4.82. The molecule has 1 aliphatic rings. The maximum atomic E-state index is 12.9. The molecule has 2 heterocycles. The summed E-state index contributed by atoms with van der Waals surface area (Å²) in [5.41, 5.74) is 8.51. The van der Waals surface area contributed by atoms with Crippen LogP contribution in [0.1, 0.15) is 36.0 Å². The quantitative estimate of drug-likeness (QED) is 0.907. The van der Waals surface area contributed by atoms with Crippen LogP contribution in [0.15, 0.2) is 42.6 Å². The fraction of sp³-hybridized carbons (Fsp3) is 0.400. The van der Waals surface area contributed by atoms with Crippen LogP contribution in [0.4, 0.5) is 5.82 Å². The molecular weight excluding hydrogens is 314 g/mol. The maximum Gasteiger partial charge on any atom is 0.254 e. The van der Waals surface area contributed by atoms with Gasteiger partial charge in [-0.3, -0.25) is 4.79 Å². The van der Waals surface area contributed by atoms with Crippen molar-refractivity contribution in [2.24, 2.45) is 0 Å². The minimum absolute atomic E-state index is 0.103. The second-order valence-corrected chi connectivity index (χ2v) is 6.44. The Morgan fingerprint density at radius 3 is 2.80 bits per heavy atom. The third kappa shape index (κ3) is 3.99. The summed E-state index contributed by atoms with van der Waals surface area (Å²) < 4.78 is 5.20. The number of ether oxygens (including phenoxy) is 1. The lowest BCUT2D eigenvalue weighted by Gasteiger charge is -2.36. The van der Waals surface area contributed by atoms with Crippen LogP contribution in [0.5, 0.6) is 0 Å². The molecule has 132 valence electrons. The summed E-state index contributed by atoms with van der Waals surface area (Å²) in [7, 11) is 1.71. The van der Waals surface area contributed by atoms with Gasteiger partial charge in [0.1, 0.15) is 5.82 Å². The van der Waals surface area contributed by atoms with Gasteiger partial charge in [-0.15, -0.1) is 0 Å². The Hall–Kier alpha value is -2.40. The molecule has 5 heteroatoms. The molecule has 1 saturated heterocycles. The number of hydrogen-bond donors (Lipinski definition) is 1. The molecule has 0 radical (unpaired) electrons. The molecule has 1 aromatic carbocycles. The van der Waals surface area contributed by atoms with E-state index < -0.39 is 0 Å². The van der Waals surface area contributed by atoms with Crippen LogP contribution >= 0.6 is 0 Å². The van der Waals surface area contributed by atoms with E-state index >= 15 is 0 Å². The molecule has 0 spiro atoms. The summed E-state index contributed by atoms with van der Waals surface area (Å²) in [4.78, 5) is 19.1. The number of rotatable bonds is 5. The topological polar surface area (TPSA) is 68.5 Å². The summed E-state index contributed by atoms with van der Waals surface area (Å²) in [6, 6.07) is 11.7. The number of methoxy groups -OCH3 is 1. The number of likely N-dealkylation sites (tertiary alicyclic amines) is 1. The van der Waals surface area contributed by atoms with Gasteiger partial charge in [0.15, 0.2) is 0 Å². The van der Waals surface area contributed by atoms with E-state index in [4.69, 9.17) is 10.5 Å². The van der Waals surface area contributed by atoms with Gasteiger partial charge in [-0.05, 0) is 55.5 Å². The molecule has 1 aromatic heterocycles. The highest BCUT2D eigenvalue weighted by Gasteiger charge is 2.27. The molecule has 1 amide bonds. The lowest BCUT2D eigenvalue weighted by atomic mass is 9.98. The highest BCUT2D eigenvalue weighted by atomic mass is 16.5. The smallest absolute Gasteiger partial charge is 0.254 e. The minimum Gasteiger partial charge on any atom is -0.385 e. The summed E-state index contributed by atoms with van der Waals surface area (Å²) >= 11 is 0. The third-order valence-electron chi connectivity index (χ3n) is 4.82. The number of carbonyl (C=O) groups is 1. The zero-order valence-electron chi connectivity index (χ0n) is 14.6. The Balaban J connectivity index is 1.77. The van der Waals surface area contributed by atoms with Crippen molar-refractivity contribution in [3.05, 3.63) is 48.2 Å². The molecule has 0 bridgehead atoms. The second-order valence-electron chi connectivity index (χ2n) is 6.44. The van der Waals surface area contributed by atoms with E-state index in [1.165, 1.54) is 6.42 Å². The van der Waals surface area contributed by atoms with E-state index in [2.05, 4.69) is 4.98 Å². The Morgan fingerprint density at radius 2 is 2.08 bits per heavy atom. The van der Waals surface area contributed by atoms with Gasteiger partial charge in [0.2, 0.25) is 0 Å². The average Bonchev–Trinajstić information content (AvgIpc) is 2.66. The van der Waals surface area contributed by atoms with Gasteiger partial charge in [-0.25, -0.2) is 4.98 Å². The van der Waals surface area contributed by atoms with Crippen molar-refractivity contribution in [1.29, 1.82) is 0 Å². The minimum atomic E-state index is 0.103. The van der Waals surface area contributed by atoms with Gasteiger partial charge in [-0.1, -0.05) is 12.1 Å². The van der Waals surface area contributed by atoms with Crippen molar-refractivity contribution in [3.8, 4) is 11.1 Å². The van der Waals surface area contributed by atoms with E-state index in [1.54, 1.807) is 13.3 Å². The summed E-state index contributed by atoms with van der Waals surface area (Å²) in [6.45, 7) is 1.51. The van der Waals surface area contributed by atoms with Crippen LogP contribution in [0, 0.1) is 0 Å². The van der Waals surface area contributed by atoms with Crippen molar-refractivity contribution in [2.45, 2.75) is 31.7 Å². The Morgan fingerprint density at radius 1 is 1.28 bits per heavy atom. The van der Waals surface area contributed by atoms with Crippen molar-refractivity contribution >= 4 is 11.7 Å². The number of nitrogens with zero attached hydrogens (tertiary/aromatic N) is 2. The van der Waals surface area contributed by atoms with Crippen molar-refractivity contribution in [1.82, 2.24) is 9.88 Å². The number of hydrogen-bond acceptors (Lipinski definition) is 4. The molecule has 25 heavy (non-hydrogen) atoms. The van der Waals surface area contributed by atoms with E-state index in [0.29, 0.717) is 12.4 Å². The van der Waals surface area contributed by atoms with Crippen LogP contribution in [0.25, 0.3) is 11.1 Å². The molecule has 1 fully saturated rings. The number of anilines is 1. The molecule has 2 aromatic rings. The van der Waals surface area contributed by atoms with Crippen molar-refractivity contribution < 1.29 is 9.53 Å². The zero-order chi connectivity index (χ0) is 17.6. The molecule has 2 N–H and O–H groups in total. The Labute approximate surface area is 148 Å². The van der Waals surface area contributed by atoms with Crippen LogP contribution in [0.3, 0.4) is 0 Å². The molecule has 1 unspecified atom stereocenters. The van der Waals surface area contributed by atoms with Gasteiger partial charge < -0.3 is 15.4 Å². The van der Waals surface area contributed by atoms with Gasteiger partial charge >= 0.3 is 0 Å². The highest BCUT2D eigenvalue weighted by molar-refractivity contribution is 5.95. The number of aromatic nitrogens is 1. The molecule has 3 rings (SSSR count). The number of benzene rings is 1. The number of nitrogen functional groups attached to an aromatic ring is 1. The lowest BCUT2D eigenvalue weighted by Crippen LogP contribution is -2.44. The number of amides is 1. The number of piperidine rings is 1. The predicted molar refractivity (Wildman–Crippen MR) is 99.3 cm³/mol. The number of carbonyl (C=O) groups excluding carboxylic acids is 1. The van der Waals surface area contributed by atoms with Crippen molar-refractivity contribution in [3.63, 3.8) is 0 Å². The first-order chi connectivity index (χ1) is 12.2. The zero-order valence-corrected chi connectivity index (χ0v) is 14.6. The van der Waals surface area contributed by atoms with Crippen molar-refractivity contribution in [2.75, 3.05) is 26.0 Å². The van der Waals surface area contributed by atoms with Crippen LogP contribution in [-0.2, 0) is 4.74 Å². The van der Waals surface area contributed by atoms with Gasteiger partial charge in [0.05, 0.1) is 0 Å². The normalized spacial score (nSPS) is 17.5. The molecule has 5 nitrogen and oxygen atoms in total. The largest absolute Gasteiger partial charge is 0.385 e. The molecule has 1 atom stereocenters. The second kappa shape index (κ2) is 8.12. The SMILES string of the molecule is COCCC1CCCCN1C(=O)c1ccc(-c2cccnc2N)cc1. The molecular formula is C20H25N3O2. The van der Waals surface area contributed by atoms with Crippen LogP contribution in [0.2, 0.25) is 0 Å². The van der Waals surface area contributed by atoms with E-state index in [9.17, 15) is 4.79 Å². The number of nitrogens with two attached hydrogens (primary N) is 1. The summed E-state index contributed by atoms with van der Waals surface area (Å²) in [5, 5.41) is 0. The molecule has 1 aliphatic heterocycles. The predicted octanol–water partition coefficient (Wildman–Crippen LogP) is 3.36. The van der Waals surface area contributed by atoms with E-state index in [0.717, 1.165) is 42.5 Å². The summed E-state index contributed by atoms with van der Waals surface area (Å²) in [6.07, 6.45) is 5.87. The number of pyridine rings is 1. The average molecular weight is 339 g/mol. The van der Waals surface area contributed by atoms with Crippen LogP contribution < -0.4 is 5.73 Å². The first-order valence-electron chi connectivity index (χ1n) is 8.81. The maximum absolute atomic E-state index is 12.9. The Kier molecular flexibility index (Phi) is 5.66. The van der Waals surface area contributed by atoms with Crippen LogP contribution in [-0.4, -0.2) is 42.1 Å². The highest BCUT2D eigenvalue weighted by Crippen LogP contribution is 2.26.